The summed E-state index contributed by atoms with van der Waals surface area (Å²) in [5.74, 6) is -0.261. The zero-order valence-electron chi connectivity index (χ0n) is 11.3. The molecule has 0 aromatic rings. The molecular formula is C12H23NO4S. The summed E-state index contributed by atoms with van der Waals surface area (Å²) in [6.45, 7) is 5.58. The summed E-state index contributed by atoms with van der Waals surface area (Å²) < 4.78 is 23.8. The minimum atomic E-state index is -3.31. The van der Waals surface area contributed by atoms with Crippen molar-refractivity contribution in [3.8, 4) is 0 Å². The molecule has 0 bridgehead atoms. The van der Waals surface area contributed by atoms with Crippen LogP contribution in [0.2, 0.25) is 0 Å². The Labute approximate surface area is 109 Å². The van der Waals surface area contributed by atoms with E-state index in [0.29, 0.717) is 19.4 Å². The molecule has 1 unspecified atom stereocenters. The summed E-state index contributed by atoms with van der Waals surface area (Å²) in [5, 5.41) is 8.84. The number of nitrogens with zero attached hydrogens (tertiary/aromatic N) is 1. The Balaban J connectivity index is 2.83. The normalized spacial score (nSPS) is 23.7. The second kappa shape index (κ2) is 5.57. The Morgan fingerprint density at radius 2 is 2.00 bits per heavy atom. The number of hydrogen-bond acceptors (Lipinski definition) is 4. The number of carbonyl (C=O) groups excluding carboxylic acids is 1. The predicted molar refractivity (Wildman–Crippen MR) is 70.0 cm³/mol. The number of rotatable bonds is 4. The van der Waals surface area contributed by atoms with Crippen LogP contribution in [-0.4, -0.2) is 54.0 Å². The van der Waals surface area contributed by atoms with Gasteiger partial charge in [-0.05, 0) is 33.6 Å². The summed E-state index contributed by atoms with van der Waals surface area (Å²) in [5.41, 5.74) is -1.01. The van der Waals surface area contributed by atoms with Gasteiger partial charge in [0.05, 0.1) is 11.4 Å². The van der Waals surface area contributed by atoms with Gasteiger partial charge in [0, 0.05) is 13.1 Å². The van der Waals surface area contributed by atoms with E-state index in [9.17, 15) is 18.3 Å². The zero-order valence-corrected chi connectivity index (χ0v) is 12.2. The van der Waals surface area contributed by atoms with Gasteiger partial charge in [0.25, 0.3) is 0 Å². The molecule has 1 aliphatic heterocycles. The number of carbonyl (C=O) groups is 1. The molecule has 0 spiro atoms. The number of hydrogen-bond donors (Lipinski definition) is 1. The van der Waals surface area contributed by atoms with Gasteiger partial charge in [0.1, 0.15) is 5.25 Å². The fourth-order valence-corrected chi connectivity index (χ4v) is 4.12. The third-order valence-electron chi connectivity index (χ3n) is 3.13. The molecule has 5 nitrogen and oxygen atoms in total. The van der Waals surface area contributed by atoms with Crippen LogP contribution in [0, 0.1) is 0 Å². The summed E-state index contributed by atoms with van der Waals surface area (Å²) in [7, 11) is -3.31. The molecule has 1 fully saturated rings. The van der Waals surface area contributed by atoms with Gasteiger partial charge in [-0.2, -0.15) is 0 Å². The maximum atomic E-state index is 12.3. The number of likely N-dealkylation sites (N-methyl/N-ethyl adjacent to an activating group) is 1. The molecule has 0 aromatic heterocycles. The molecule has 1 rings (SSSR count). The fraction of sp³-hybridized carbons (Fsp3) is 0.917. The summed E-state index contributed by atoms with van der Waals surface area (Å²) in [6, 6.07) is 0. The lowest BCUT2D eigenvalue weighted by atomic mass is 10.1. The largest absolute Gasteiger partial charge is 0.389 e. The van der Waals surface area contributed by atoms with Crippen molar-refractivity contribution in [2.75, 3.05) is 18.8 Å². The van der Waals surface area contributed by atoms with Crippen molar-refractivity contribution in [2.24, 2.45) is 0 Å². The maximum absolute atomic E-state index is 12.3. The first kappa shape index (κ1) is 15.4. The Hall–Kier alpha value is -0.620. The highest BCUT2D eigenvalue weighted by atomic mass is 32.2. The molecule has 1 heterocycles. The van der Waals surface area contributed by atoms with Gasteiger partial charge in [-0.1, -0.05) is 6.42 Å². The van der Waals surface area contributed by atoms with Crippen LogP contribution in [0.1, 0.15) is 40.0 Å². The van der Waals surface area contributed by atoms with Crippen molar-refractivity contribution in [1.82, 2.24) is 4.90 Å². The molecule has 1 N–H and O–H groups in total. The lowest BCUT2D eigenvalue weighted by Crippen LogP contribution is -2.49. The van der Waals surface area contributed by atoms with Gasteiger partial charge < -0.3 is 10.0 Å². The van der Waals surface area contributed by atoms with Gasteiger partial charge >= 0.3 is 0 Å². The molecule has 1 saturated heterocycles. The van der Waals surface area contributed by atoms with E-state index < -0.39 is 20.7 Å². The van der Waals surface area contributed by atoms with Crippen LogP contribution in [-0.2, 0) is 14.6 Å². The van der Waals surface area contributed by atoms with Gasteiger partial charge in [-0.3, -0.25) is 4.79 Å². The molecule has 106 valence electrons. The second-order valence-corrected chi connectivity index (χ2v) is 7.82. The molecule has 1 amide bonds. The van der Waals surface area contributed by atoms with E-state index in [1.807, 2.05) is 0 Å². The monoisotopic (exact) mass is 277 g/mol. The second-order valence-electron chi connectivity index (χ2n) is 5.52. The van der Waals surface area contributed by atoms with E-state index in [2.05, 4.69) is 0 Å². The van der Waals surface area contributed by atoms with E-state index in [1.54, 1.807) is 20.8 Å². The van der Waals surface area contributed by atoms with Crippen molar-refractivity contribution in [2.45, 2.75) is 50.9 Å². The molecule has 0 saturated carbocycles. The molecule has 0 radical (unpaired) electrons. The summed E-state index contributed by atoms with van der Waals surface area (Å²) in [6.07, 6.45) is 1.82. The first-order valence-electron chi connectivity index (χ1n) is 6.40. The van der Waals surface area contributed by atoms with Crippen LogP contribution >= 0.6 is 0 Å². The van der Waals surface area contributed by atoms with E-state index in [1.165, 1.54) is 4.90 Å². The summed E-state index contributed by atoms with van der Waals surface area (Å²) in [4.78, 5) is 13.7. The van der Waals surface area contributed by atoms with E-state index in [4.69, 9.17) is 0 Å². The predicted octanol–water partition coefficient (Wildman–Crippen LogP) is 0.573. The Bertz CT molecular complexity index is 397. The van der Waals surface area contributed by atoms with Crippen molar-refractivity contribution >= 4 is 15.7 Å². The van der Waals surface area contributed by atoms with Crippen LogP contribution in [0.4, 0.5) is 0 Å². The van der Waals surface area contributed by atoms with Crippen molar-refractivity contribution in [1.29, 1.82) is 0 Å². The molecule has 1 atom stereocenters. The highest BCUT2D eigenvalue weighted by molar-refractivity contribution is 7.92. The van der Waals surface area contributed by atoms with E-state index >= 15 is 0 Å². The minimum absolute atomic E-state index is 0.101. The molecular weight excluding hydrogens is 254 g/mol. The molecule has 0 aliphatic carbocycles. The van der Waals surface area contributed by atoms with Gasteiger partial charge in [-0.25, -0.2) is 8.42 Å². The van der Waals surface area contributed by atoms with Gasteiger partial charge in [0.2, 0.25) is 5.91 Å². The molecule has 0 aromatic carbocycles. The maximum Gasteiger partial charge on any atom is 0.240 e. The lowest BCUT2D eigenvalue weighted by Gasteiger charge is -2.32. The zero-order chi connectivity index (χ0) is 14.0. The SMILES string of the molecule is CCN(CC(C)(C)O)C(=O)C1CCCCS1(=O)=O. The first-order valence-corrected chi connectivity index (χ1v) is 8.11. The fourth-order valence-electron chi connectivity index (χ4n) is 2.25. The van der Waals surface area contributed by atoms with E-state index in [0.717, 1.165) is 6.42 Å². The number of amides is 1. The van der Waals surface area contributed by atoms with Crippen LogP contribution in [0.15, 0.2) is 0 Å². The number of aliphatic hydroxyl groups is 1. The Kier molecular flexibility index (Phi) is 4.78. The quantitative estimate of drug-likeness (QED) is 0.815. The third-order valence-corrected chi connectivity index (χ3v) is 5.29. The van der Waals surface area contributed by atoms with Crippen molar-refractivity contribution < 1.29 is 18.3 Å². The van der Waals surface area contributed by atoms with Crippen molar-refractivity contribution in [3.63, 3.8) is 0 Å². The average molecular weight is 277 g/mol. The summed E-state index contributed by atoms with van der Waals surface area (Å²) >= 11 is 0. The standard InChI is InChI=1S/C12H23NO4S/c1-4-13(9-12(2,3)15)11(14)10-7-5-6-8-18(10,16)17/h10,15H,4-9H2,1-3H3. The Morgan fingerprint density at radius 1 is 1.39 bits per heavy atom. The van der Waals surface area contributed by atoms with Gasteiger partial charge in [-0.15, -0.1) is 0 Å². The van der Waals surface area contributed by atoms with Crippen LogP contribution < -0.4 is 0 Å². The molecule has 6 heteroatoms. The van der Waals surface area contributed by atoms with Crippen molar-refractivity contribution in [3.05, 3.63) is 0 Å². The average Bonchev–Trinajstić information content (AvgIpc) is 2.23. The molecule has 18 heavy (non-hydrogen) atoms. The van der Waals surface area contributed by atoms with Crippen LogP contribution in [0.3, 0.4) is 0 Å². The first-order chi connectivity index (χ1) is 8.17. The van der Waals surface area contributed by atoms with Crippen LogP contribution in [0.5, 0.6) is 0 Å². The lowest BCUT2D eigenvalue weighted by molar-refractivity contribution is -0.133. The molecule has 1 aliphatic rings. The Morgan fingerprint density at radius 3 is 2.44 bits per heavy atom. The van der Waals surface area contributed by atoms with Crippen LogP contribution in [0.25, 0.3) is 0 Å². The topological polar surface area (TPSA) is 74.7 Å². The van der Waals surface area contributed by atoms with E-state index in [-0.39, 0.29) is 18.2 Å². The minimum Gasteiger partial charge on any atom is -0.389 e. The smallest absolute Gasteiger partial charge is 0.240 e. The third kappa shape index (κ3) is 3.95. The van der Waals surface area contributed by atoms with Gasteiger partial charge in [0.15, 0.2) is 9.84 Å². The highest BCUT2D eigenvalue weighted by Crippen LogP contribution is 2.22. The number of sulfone groups is 1. The highest BCUT2D eigenvalue weighted by Gasteiger charge is 2.38.